The molecule has 0 saturated heterocycles. The number of fused-ring (bicyclic) bond motifs is 1. The van der Waals surface area contributed by atoms with Crippen molar-refractivity contribution in [3.8, 4) is 16.9 Å². The Hall–Kier alpha value is -3.77. The van der Waals surface area contributed by atoms with Gasteiger partial charge in [-0.2, -0.15) is 8.42 Å². The summed E-state index contributed by atoms with van der Waals surface area (Å²) in [5.41, 5.74) is 0.841. The van der Waals surface area contributed by atoms with Crippen LogP contribution in [-0.2, 0) is 21.4 Å². The van der Waals surface area contributed by atoms with Gasteiger partial charge in [-0.05, 0) is 53.6 Å². The number of halogens is 1. The van der Waals surface area contributed by atoms with Crippen molar-refractivity contribution in [2.75, 3.05) is 4.31 Å². The normalized spacial score (nSPS) is 12.3. The molecule has 1 aromatic heterocycles. The lowest BCUT2D eigenvalue weighted by Crippen LogP contribution is -2.24. The standard InChI is InChI=1S/C27H18BrNO7S2/c28-21-9-5-10-23(17-21)38(33,34)36-25-11-4-8-20-16-24(27(30)35-26(20)25)29(37(31)32)22-14-12-19(13-15-22)18-6-2-1-3-7-18/h1-17H,(H,31,32). The molecule has 0 radical (unpaired) electrons. The molecule has 8 nitrogen and oxygen atoms in total. The third-order valence-corrected chi connectivity index (χ3v) is 8.02. The lowest BCUT2D eigenvalue weighted by atomic mass is 10.1. The van der Waals surface area contributed by atoms with Gasteiger partial charge < -0.3 is 8.60 Å². The van der Waals surface area contributed by atoms with Crippen molar-refractivity contribution in [1.29, 1.82) is 0 Å². The second kappa shape index (κ2) is 10.5. The maximum Gasteiger partial charge on any atom is 0.361 e. The van der Waals surface area contributed by atoms with E-state index in [4.69, 9.17) is 8.60 Å². The maximum atomic E-state index is 13.0. The largest absolute Gasteiger partial charge is 0.417 e. The highest BCUT2D eigenvalue weighted by atomic mass is 79.9. The zero-order valence-electron chi connectivity index (χ0n) is 19.4. The van der Waals surface area contributed by atoms with Gasteiger partial charge in [0, 0.05) is 9.86 Å². The van der Waals surface area contributed by atoms with Gasteiger partial charge in [-0.15, -0.1) is 0 Å². The van der Waals surface area contributed by atoms with E-state index in [1.165, 1.54) is 30.3 Å². The number of hydrogen-bond donors (Lipinski definition) is 1. The molecule has 1 atom stereocenters. The number of nitrogens with zero attached hydrogens (tertiary/aromatic N) is 1. The lowest BCUT2D eigenvalue weighted by Gasteiger charge is -2.19. The van der Waals surface area contributed by atoms with E-state index < -0.39 is 27.0 Å². The molecule has 11 heteroatoms. The van der Waals surface area contributed by atoms with E-state index in [0.29, 0.717) is 4.47 Å². The Morgan fingerprint density at radius 3 is 2.21 bits per heavy atom. The number of hydrogen-bond acceptors (Lipinski definition) is 6. The van der Waals surface area contributed by atoms with E-state index >= 15 is 0 Å². The molecule has 0 aliphatic carbocycles. The molecule has 0 spiro atoms. The summed E-state index contributed by atoms with van der Waals surface area (Å²) in [7, 11) is -4.24. The smallest absolute Gasteiger partial charge is 0.361 e. The molecule has 1 N–H and O–H groups in total. The molecule has 0 aliphatic rings. The van der Waals surface area contributed by atoms with Gasteiger partial charge in [0.1, 0.15) is 10.6 Å². The third-order valence-electron chi connectivity index (χ3n) is 5.57. The van der Waals surface area contributed by atoms with Gasteiger partial charge in [-0.25, -0.2) is 13.3 Å². The molecule has 0 fully saturated rings. The first kappa shape index (κ1) is 25.9. The van der Waals surface area contributed by atoms with Crippen molar-refractivity contribution in [2.45, 2.75) is 4.90 Å². The van der Waals surface area contributed by atoms with Crippen LogP contribution in [-0.4, -0.2) is 17.2 Å². The molecule has 0 bridgehead atoms. The van der Waals surface area contributed by atoms with Crippen LogP contribution in [0.3, 0.4) is 0 Å². The van der Waals surface area contributed by atoms with Crippen LogP contribution < -0.4 is 14.1 Å². The summed E-state index contributed by atoms with van der Waals surface area (Å²) in [6.07, 6.45) is 0. The Labute approximate surface area is 228 Å². The summed E-state index contributed by atoms with van der Waals surface area (Å²) in [5.74, 6) is -0.199. The molecule has 1 unspecified atom stereocenters. The number of benzene rings is 4. The molecular weight excluding hydrogens is 594 g/mol. The van der Waals surface area contributed by atoms with Crippen LogP contribution in [0.4, 0.5) is 11.4 Å². The van der Waals surface area contributed by atoms with Crippen molar-refractivity contribution >= 4 is 59.7 Å². The molecule has 4 aromatic carbocycles. The minimum absolute atomic E-state index is 0.0938. The Morgan fingerprint density at radius 2 is 1.53 bits per heavy atom. The number of rotatable bonds is 7. The van der Waals surface area contributed by atoms with Gasteiger partial charge in [0.25, 0.3) is 11.3 Å². The van der Waals surface area contributed by atoms with Gasteiger partial charge in [-0.1, -0.05) is 76.6 Å². The van der Waals surface area contributed by atoms with E-state index in [2.05, 4.69) is 15.9 Å². The topological polar surface area (TPSA) is 114 Å². The van der Waals surface area contributed by atoms with Crippen LogP contribution in [0.2, 0.25) is 0 Å². The first-order valence-corrected chi connectivity index (χ1v) is 14.3. The average Bonchev–Trinajstić information content (AvgIpc) is 2.90. The molecule has 5 rings (SSSR count). The molecule has 1 heterocycles. The summed E-state index contributed by atoms with van der Waals surface area (Å²) in [4.78, 5) is 12.9. The Balaban J connectivity index is 1.53. The van der Waals surface area contributed by atoms with Crippen molar-refractivity contribution in [1.82, 2.24) is 0 Å². The van der Waals surface area contributed by atoms with E-state index in [1.807, 2.05) is 30.3 Å². The lowest BCUT2D eigenvalue weighted by molar-refractivity contribution is 0.475. The van der Waals surface area contributed by atoms with Crippen LogP contribution in [0.15, 0.2) is 122 Å². The third kappa shape index (κ3) is 5.27. The first-order chi connectivity index (χ1) is 18.2. The van der Waals surface area contributed by atoms with E-state index in [-0.39, 0.29) is 33.0 Å². The Kier molecular flexibility index (Phi) is 7.17. The van der Waals surface area contributed by atoms with Crippen molar-refractivity contribution in [3.63, 3.8) is 0 Å². The fourth-order valence-electron chi connectivity index (χ4n) is 3.84. The van der Waals surface area contributed by atoms with Crippen molar-refractivity contribution in [2.24, 2.45) is 0 Å². The Bertz CT molecular complexity index is 1820. The number of anilines is 2. The molecule has 0 aliphatic heterocycles. The van der Waals surface area contributed by atoms with Gasteiger partial charge in [0.2, 0.25) is 0 Å². The van der Waals surface area contributed by atoms with Crippen molar-refractivity contribution < 1.29 is 25.8 Å². The predicted molar refractivity (Wildman–Crippen MR) is 149 cm³/mol. The van der Waals surface area contributed by atoms with E-state index in [0.717, 1.165) is 15.4 Å². The quantitative estimate of drug-likeness (QED) is 0.131. The monoisotopic (exact) mass is 611 g/mol. The molecule has 0 amide bonds. The number of para-hydroxylation sites is 1. The molecule has 192 valence electrons. The second-order valence-electron chi connectivity index (χ2n) is 8.03. The Morgan fingerprint density at radius 1 is 0.842 bits per heavy atom. The molecule has 0 saturated carbocycles. The van der Waals surface area contributed by atoms with Crippen LogP contribution in [0, 0.1) is 0 Å². The zero-order chi connectivity index (χ0) is 26.9. The van der Waals surface area contributed by atoms with Gasteiger partial charge in [-0.3, -0.25) is 4.55 Å². The average molecular weight is 612 g/mol. The zero-order valence-corrected chi connectivity index (χ0v) is 22.6. The van der Waals surface area contributed by atoms with Crippen LogP contribution >= 0.6 is 15.9 Å². The SMILES string of the molecule is O=c1oc2c(OS(=O)(=O)c3cccc(Br)c3)cccc2cc1N(c1ccc(-c2ccccc2)cc1)S(=O)O. The summed E-state index contributed by atoms with van der Waals surface area (Å²) in [5, 5.41) is 0.290. The predicted octanol–water partition coefficient (Wildman–Crippen LogP) is 6.27. The molecule has 5 aromatic rings. The fourth-order valence-corrected chi connectivity index (χ4v) is 5.96. The van der Waals surface area contributed by atoms with Crippen LogP contribution in [0.25, 0.3) is 22.1 Å². The van der Waals surface area contributed by atoms with Crippen molar-refractivity contribution in [3.05, 3.63) is 118 Å². The van der Waals surface area contributed by atoms with Gasteiger partial charge in [0.15, 0.2) is 11.3 Å². The van der Waals surface area contributed by atoms with E-state index in [9.17, 15) is 22.0 Å². The summed E-state index contributed by atoms with van der Waals surface area (Å²) in [6, 6.07) is 28.1. The summed E-state index contributed by atoms with van der Waals surface area (Å²) < 4.78 is 60.2. The fraction of sp³-hybridized carbons (Fsp3) is 0. The highest BCUT2D eigenvalue weighted by molar-refractivity contribution is 9.10. The van der Waals surface area contributed by atoms with E-state index in [1.54, 1.807) is 42.5 Å². The minimum Gasteiger partial charge on any atom is -0.417 e. The highest BCUT2D eigenvalue weighted by Crippen LogP contribution is 2.33. The second-order valence-corrected chi connectivity index (χ2v) is 11.3. The maximum absolute atomic E-state index is 13.0. The molecule has 38 heavy (non-hydrogen) atoms. The van der Waals surface area contributed by atoms with Crippen LogP contribution in [0.1, 0.15) is 0 Å². The minimum atomic E-state index is -4.24. The summed E-state index contributed by atoms with van der Waals surface area (Å²) in [6.45, 7) is 0. The van der Waals surface area contributed by atoms with Gasteiger partial charge in [0.05, 0.1) is 5.69 Å². The van der Waals surface area contributed by atoms with Crippen LogP contribution in [0.5, 0.6) is 5.75 Å². The summed E-state index contributed by atoms with van der Waals surface area (Å²) >= 11 is 0.611. The first-order valence-electron chi connectivity index (χ1n) is 11.1. The highest BCUT2D eigenvalue weighted by Gasteiger charge is 2.24. The molecular formula is C27H18BrNO7S2. The van der Waals surface area contributed by atoms with Gasteiger partial charge >= 0.3 is 15.7 Å².